The van der Waals surface area contributed by atoms with Crippen LogP contribution in [0.2, 0.25) is 0 Å². The molecular weight excluding hydrogens is 616 g/mol. The van der Waals surface area contributed by atoms with E-state index in [1.54, 1.807) is 0 Å². The van der Waals surface area contributed by atoms with Crippen LogP contribution in [-0.2, 0) is 14.3 Å². The number of aldehydes is 1. The molecule has 206 valence electrons. The smallest absolute Gasteiger partial charge is 0.406 e. The number of aliphatic hydroxyl groups is 2. The van der Waals surface area contributed by atoms with Crippen molar-refractivity contribution in [2.75, 3.05) is 40.5 Å². The van der Waals surface area contributed by atoms with Crippen LogP contribution in [0.5, 0.6) is 11.5 Å². The van der Waals surface area contributed by atoms with E-state index in [0.29, 0.717) is 14.8 Å². The largest absolute Gasteiger partial charge is 0.493 e. The van der Waals surface area contributed by atoms with Crippen molar-refractivity contribution >= 4 is 40.7 Å². The standard InChI is InChI=1S/C23H28F3IN2O8/c1-35-6-3-19(32)29(12-23(24,25)26)16-9-14(22(34)28-4-5-30)10-17(20(16)33)37-21-15(27)7-13(11-31)8-18(21)36-2/h7-8,10-11,16-17,20,30,33H,3-6,9,12H2,1-2H3,(H,28,34)/t16-,17+,20+/m1/s1. The number of hydrogen-bond donors (Lipinski definition) is 3. The molecule has 3 N–H and O–H groups in total. The van der Waals surface area contributed by atoms with Crippen LogP contribution in [0.3, 0.4) is 0 Å². The summed E-state index contributed by atoms with van der Waals surface area (Å²) in [6.45, 7) is -2.30. The number of benzene rings is 1. The second-order valence-electron chi connectivity index (χ2n) is 8.05. The van der Waals surface area contributed by atoms with Crippen LogP contribution in [0.1, 0.15) is 23.2 Å². The highest BCUT2D eigenvalue weighted by atomic mass is 127. The second kappa shape index (κ2) is 13.9. The normalized spacial score (nSPS) is 19.6. The molecule has 10 nitrogen and oxygen atoms in total. The van der Waals surface area contributed by atoms with Gasteiger partial charge in [-0.2, -0.15) is 13.2 Å². The lowest BCUT2D eigenvalue weighted by Crippen LogP contribution is -2.57. The molecule has 0 fully saturated rings. The van der Waals surface area contributed by atoms with Gasteiger partial charge in [0.15, 0.2) is 11.5 Å². The van der Waals surface area contributed by atoms with E-state index in [1.807, 2.05) is 22.6 Å². The zero-order valence-electron chi connectivity index (χ0n) is 20.1. The number of carbonyl (C=O) groups is 3. The maximum absolute atomic E-state index is 13.5. The molecule has 0 unspecified atom stereocenters. The van der Waals surface area contributed by atoms with Gasteiger partial charge in [0.25, 0.3) is 0 Å². The Kier molecular flexibility index (Phi) is 11.6. The van der Waals surface area contributed by atoms with E-state index in [0.717, 1.165) is 0 Å². The number of amides is 2. The number of methoxy groups -OCH3 is 2. The lowest BCUT2D eigenvalue weighted by molar-refractivity contribution is -0.173. The summed E-state index contributed by atoms with van der Waals surface area (Å²) in [6.07, 6.45) is -6.77. The highest BCUT2D eigenvalue weighted by Crippen LogP contribution is 2.37. The number of ether oxygens (including phenoxy) is 3. The van der Waals surface area contributed by atoms with Gasteiger partial charge in [0, 0.05) is 31.2 Å². The number of alkyl halides is 3. The minimum Gasteiger partial charge on any atom is -0.493 e. The highest BCUT2D eigenvalue weighted by Gasteiger charge is 2.44. The Morgan fingerprint density at radius 2 is 2.00 bits per heavy atom. The summed E-state index contributed by atoms with van der Waals surface area (Å²) in [4.78, 5) is 37.1. The minimum absolute atomic E-state index is 0.0426. The van der Waals surface area contributed by atoms with Crippen molar-refractivity contribution in [3.8, 4) is 11.5 Å². The predicted octanol–water partition coefficient (Wildman–Crippen LogP) is 1.46. The number of nitrogens with one attached hydrogen (secondary N) is 1. The SMILES string of the molecule is COCCC(=O)N(CC(F)(F)F)[C@@H]1CC(C(=O)NCCO)=C[C@H](Oc2c(I)cc(C=O)cc2OC)[C@H]1O. The molecule has 2 amide bonds. The fourth-order valence-electron chi connectivity index (χ4n) is 3.75. The Bertz CT molecular complexity index is 1000. The van der Waals surface area contributed by atoms with Gasteiger partial charge in [0.2, 0.25) is 11.8 Å². The molecule has 2 rings (SSSR count). The van der Waals surface area contributed by atoms with Crippen molar-refractivity contribution in [2.24, 2.45) is 0 Å². The maximum atomic E-state index is 13.5. The van der Waals surface area contributed by atoms with Crippen LogP contribution in [-0.4, -0.2) is 98.2 Å². The zero-order valence-corrected chi connectivity index (χ0v) is 22.2. The summed E-state index contributed by atoms with van der Waals surface area (Å²) in [7, 11) is 2.61. The molecule has 14 heteroatoms. The van der Waals surface area contributed by atoms with Crippen LogP contribution >= 0.6 is 22.6 Å². The maximum Gasteiger partial charge on any atom is 0.406 e. The van der Waals surface area contributed by atoms with Crippen LogP contribution in [0, 0.1) is 3.57 Å². The number of hydrogen-bond acceptors (Lipinski definition) is 8. The average Bonchev–Trinajstić information content (AvgIpc) is 2.85. The predicted molar refractivity (Wildman–Crippen MR) is 132 cm³/mol. The zero-order chi connectivity index (χ0) is 27.8. The molecule has 1 aliphatic carbocycles. The van der Waals surface area contributed by atoms with E-state index >= 15 is 0 Å². The molecule has 0 saturated heterocycles. The molecule has 0 aromatic heterocycles. The van der Waals surface area contributed by atoms with Crippen molar-refractivity contribution < 1.29 is 52.0 Å². The van der Waals surface area contributed by atoms with Gasteiger partial charge in [-0.05, 0) is 40.8 Å². The Morgan fingerprint density at radius 3 is 2.57 bits per heavy atom. The third kappa shape index (κ3) is 8.55. The number of rotatable bonds is 12. The summed E-state index contributed by atoms with van der Waals surface area (Å²) in [5.74, 6) is -1.43. The Morgan fingerprint density at radius 1 is 1.30 bits per heavy atom. The topological polar surface area (TPSA) is 135 Å². The average molecular weight is 644 g/mol. The molecule has 37 heavy (non-hydrogen) atoms. The summed E-state index contributed by atoms with van der Waals surface area (Å²) >= 11 is 1.86. The Balaban J connectivity index is 2.53. The molecule has 0 aliphatic heterocycles. The van der Waals surface area contributed by atoms with Crippen LogP contribution in [0.15, 0.2) is 23.8 Å². The fourth-order valence-corrected chi connectivity index (χ4v) is 4.51. The van der Waals surface area contributed by atoms with Gasteiger partial charge < -0.3 is 34.6 Å². The number of aliphatic hydroxyl groups excluding tert-OH is 2. The first-order valence-corrected chi connectivity index (χ1v) is 12.2. The van der Waals surface area contributed by atoms with E-state index in [-0.39, 0.29) is 48.8 Å². The molecule has 3 atom stereocenters. The van der Waals surface area contributed by atoms with Crippen molar-refractivity contribution in [3.63, 3.8) is 0 Å². The quantitative estimate of drug-likeness (QED) is 0.230. The van der Waals surface area contributed by atoms with E-state index in [1.165, 1.54) is 32.4 Å². The third-order valence-corrected chi connectivity index (χ3v) is 6.25. The van der Waals surface area contributed by atoms with E-state index in [9.17, 15) is 32.7 Å². The van der Waals surface area contributed by atoms with Gasteiger partial charge in [0.1, 0.15) is 25.0 Å². The molecule has 0 spiro atoms. The number of halogens is 4. The summed E-state index contributed by atoms with van der Waals surface area (Å²) in [6, 6.07) is 1.37. The van der Waals surface area contributed by atoms with Gasteiger partial charge in [-0.3, -0.25) is 14.4 Å². The fraction of sp³-hybridized carbons (Fsp3) is 0.522. The molecule has 1 aromatic rings. The van der Waals surface area contributed by atoms with E-state index < -0.39 is 49.2 Å². The summed E-state index contributed by atoms with van der Waals surface area (Å²) in [5, 5.41) is 22.6. The molecule has 0 bridgehead atoms. The Hall–Kier alpha value is -2.43. The first-order chi connectivity index (χ1) is 17.4. The highest BCUT2D eigenvalue weighted by molar-refractivity contribution is 14.1. The number of nitrogens with zero attached hydrogens (tertiary/aromatic N) is 1. The van der Waals surface area contributed by atoms with Crippen molar-refractivity contribution in [2.45, 2.75) is 37.3 Å². The minimum atomic E-state index is -4.79. The van der Waals surface area contributed by atoms with Crippen LogP contribution in [0.4, 0.5) is 13.2 Å². The van der Waals surface area contributed by atoms with Gasteiger partial charge >= 0.3 is 6.18 Å². The van der Waals surface area contributed by atoms with Crippen molar-refractivity contribution in [1.82, 2.24) is 10.2 Å². The van der Waals surface area contributed by atoms with E-state index in [4.69, 9.17) is 19.3 Å². The summed E-state index contributed by atoms with van der Waals surface area (Å²) < 4.78 is 56.8. The number of carbonyl (C=O) groups excluding carboxylic acids is 3. The third-order valence-electron chi connectivity index (χ3n) is 5.45. The first kappa shape index (κ1) is 30.8. The van der Waals surface area contributed by atoms with Gasteiger partial charge in [-0.15, -0.1) is 0 Å². The molecule has 1 aromatic carbocycles. The van der Waals surface area contributed by atoms with Gasteiger partial charge in [0.05, 0.1) is 36.4 Å². The lowest BCUT2D eigenvalue weighted by Gasteiger charge is -2.40. The Labute approximate surface area is 224 Å². The molecule has 0 radical (unpaired) electrons. The monoisotopic (exact) mass is 644 g/mol. The van der Waals surface area contributed by atoms with E-state index in [2.05, 4.69) is 5.32 Å². The van der Waals surface area contributed by atoms with Crippen LogP contribution < -0.4 is 14.8 Å². The van der Waals surface area contributed by atoms with Crippen molar-refractivity contribution in [1.29, 1.82) is 0 Å². The second-order valence-corrected chi connectivity index (χ2v) is 9.21. The molecule has 0 saturated carbocycles. The molecule has 0 heterocycles. The van der Waals surface area contributed by atoms with Gasteiger partial charge in [-0.25, -0.2) is 0 Å². The lowest BCUT2D eigenvalue weighted by atomic mass is 9.88. The van der Waals surface area contributed by atoms with Gasteiger partial charge in [-0.1, -0.05) is 0 Å². The molecular formula is C23H28F3IN2O8. The van der Waals surface area contributed by atoms with Crippen LogP contribution in [0.25, 0.3) is 0 Å². The summed E-state index contributed by atoms with van der Waals surface area (Å²) in [5.41, 5.74) is 0.231. The molecule has 1 aliphatic rings. The van der Waals surface area contributed by atoms with Crippen molar-refractivity contribution in [3.05, 3.63) is 32.9 Å². The first-order valence-electron chi connectivity index (χ1n) is 11.1.